The predicted octanol–water partition coefficient (Wildman–Crippen LogP) is 3.23. The van der Waals surface area contributed by atoms with Gasteiger partial charge in [0.25, 0.3) is 0 Å². The molecule has 0 heterocycles. The fourth-order valence-electron chi connectivity index (χ4n) is 1.75. The van der Waals surface area contributed by atoms with E-state index in [0.29, 0.717) is 12.5 Å². The first kappa shape index (κ1) is 14.8. The highest BCUT2D eigenvalue weighted by molar-refractivity contribution is 5.81. The SMILES string of the molecule is C=CC(=O)OCC1CCC(C)CC1.C=CO. The number of hydrogen-bond acceptors (Lipinski definition) is 3. The minimum atomic E-state index is -0.293. The highest BCUT2D eigenvalue weighted by Crippen LogP contribution is 2.28. The summed E-state index contributed by atoms with van der Waals surface area (Å²) in [6, 6.07) is 0. The van der Waals surface area contributed by atoms with E-state index in [2.05, 4.69) is 20.1 Å². The Hall–Kier alpha value is -1.25. The fraction of sp³-hybridized carbons (Fsp3) is 0.615. The van der Waals surface area contributed by atoms with Crippen LogP contribution in [0.3, 0.4) is 0 Å². The molecule has 1 fully saturated rings. The molecular formula is C13H22O3. The van der Waals surface area contributed by atoms with Gasteiger partial charge in [-0.25, -0.2) is 4.79 Å². The van der Waals surface area contributed by atoms with Gasteiger partial charge in [-0.2, -0.15) is 0 Å². The Morgan fingerprint density at radius 1 is 1.38 bits per heavy atom. The first-order valence-electron chi connectivity index (χ1n) is 5.68. The van der Waals surface area contributed by atoms with Gasteiger partial charge in [0.1, 0.15) is 0 Å². The van der Waals surface area contributed by atoms with Crippen molar-refractivity contribution in [1.82, 2.24) is 0 Å². The monoisotopic (exact) mass is 226 g/mol. The molecule has 0 atom stereocenters. The van der Waals surface area contributed by atoms with E-state index < -0.39 is 0 Å². The summed E-state index contributed by atoms with van der Waals surface area (Å²) >= 11 is 0. The van der Waals surface area contributed by atoms with Crippen LogP contribution in [0, 0.1) is 11.8 Å². The maximum atomic E-state index is 10.8. The van der Waals surface area contributed by atoms with Crippen molar-refractivity contribution in [3.63, 3.8) is 0 Å². The highest BCUT2D eigenvalue weighted by atomic mass is 16.5. The summed E-state index contributed by atoms with van der Waals surface area (Å²) in [5.74, 6) is 1.14. The van der Waals surface area contributed by atoms with Crippen molar-refractivity contribution in [1.29, 1.82) is 0 Å². The minimum Gasteiger partial charge on any atom is -0.516 e. The molecule has 1 N–H and O–H groups in total. The second kappa shape index (κ2) is 9.01. The smallest absolute Gasteiger partial charge is 0.330 e. The number of aliphatic hydroxyl groups excluding tert-OH is 1. The van der Waals surface area contributed by atoms with Crippen molar-refractivity contribution in [2.75, 3.05) is 6.61 Å². The Kier molecular flexibility index (Phi) is 8.31. The summed E-state index contributed by atoms with van der Waals surface area (Å²) in [4.78, 5) is 10.8. The molecule has 1 aliphatic rings. The molecule has 0 aromatic heterocycles. The van der Waals surface area contributed by atoms with E-state index in [1.807, 2.05) is 0 Å². The standard InChI is InChI=1S/C11H18O2.C2H4O/c1-3-11(12)13-8-10-6-4-9(2)5-7-10;1-2-3/h3,9-10H,1,4-8H2,2H3;2-3H,1H2. The van der Waals surface area contributed by atoms with Crippen LogP contribution < -0.4 is 0 Å². The van der Waals surface area contributed by atoms with Crippen LogP contribution in [-0.4, -0.2) is 17.7 Å². The summed E-state index contributed by atoms with van der Waals surface area (Å²) < 4.78 is 5.01. The van der Waals surface area contributed by atoms with E-state index in [1.165, 1.54) is 31.8 Å². The quantitative estimate of drug-likeness (QED) is 0.456. The van der Waals surface area contributed by atoms with Gasteiger partial charge in [0.2, 0.25) is 0 Å². The minimum absolute atomic E-state index is 0.293. The third-order valence-corrected chi connectivity index (χ3v) is 2.76. The van der Waals surface area contributed by atoms with Gasteiger partial charge in [-0.3, -0.25) is 0 Å². The number of rotatable bonds is 3. The fourth-order valence-corrected chi connectivity index (χ4v) is 1.75. The second-order valence-electron chi connectivity index (χ2n) is 4.14. The molecule has 0 amide bonds. The maximum absolute atomic E-state index is 10.8. The van der Waals surface area contributed by atoms with Crippen LogP contribution in [0.4, 0.5) is 0 Å². The number of aliphatic hydroxyl groups is 1. The molecule has 16 heavy (non-hydrogen) atoms. The molecule has 3 heteroatoms. The Bertz CT molecular complexity index is 215. The summed E-state index contributed by atoms with van der Waals surface area (Å²) in [6.07, 6.45) is 6.93. The van der Waals surface area contributed by atoms with E-state index in [1.54, 1.807) is 0 Å². The third kappa shape index (κ3) is 7.10. The molecule has 1 saturated carbocycles. The van der Waals surface area contributed by atoms with Crippen LogP contribution in [0.2, 0.25) is 0 Å². The Labute approximate surface area is 97.8 Å². The zero-order chi connectivity index (χ0) is 12.4. The molecule has 3 nitrogen and oxygen atoms in total. The predicted molar refractivity (Wildman–Crippen MR) is 65.1 cm³/mol. The average Bonchev–Trinajstić information content (AvgIpc) is 2.29. The zero-order valence-corrected chi connectivity index (χ0v) is 10.0. The molecular weight excluding hydrogens is 204 g/mol. The molecule has 1 aliphatic carbocycles. The summed E-state index contributed by atoms with van der Waals surface area (Å²) in [5.41, 5.74) is 0. The lowest BCUT2D eigenvalue weighted by Gasteiger charge is -2.25. The largest absolute Gasteiger partial charge is 0.516 e. The van der Waals surface area contributed by atoms with Gasteiger partial charge in [0.05, 0.1) is 12.9 Å². The van der Waals surface area contributed by atoms with Gasteiger partial charge in [-0.15, -0.1) is 0 Å². The Morgan fingerprint density at radius 2 is 1.88 bits per heavy atom. The lowest BCUT2D eigenvalue weighted by molar-refractivity contribution is -0.139. The molecule has 0 aromatic carbocycles. The van der Waals surface area contributed by atoms with Crippen LogP contribution >= 0.6 is 0 Å². The molecule has 0 aromatic rings. The van der Waals surface area contributed by atoms with Gasteiger partial charge in [0, 0.05) is 6.08 Å². The average molecular weight is 226 g/mol. The first-order valence-corrected chi connectivity index (χ1v) is 5.68. The number of carbonyl (C=O) groups is 1. The second-order valence-corrected chi connectivity index (χ2v) is 4.14. The third-order valence-electron chi connectivity index (χ3n) is 2.76. The topological polar surface area (TPSA) is 46.5 Å². The number of carbonyl (C=O) groups excluding carboxylic acids is 1. The molecule has 0 unspecified atom stereocenters. The summed E-state index contributed by atoms with van der Waals surface area (Å²) in [7, 11) is 0. The van der Waals surface area contributed by atoms with Gasteiger partial charge in [-0.05, 0) is 24.7 Å². The number of ether oxygens (including phenoxy) is 1. The van der Waals surface area contributed by atoms with Crippen molar-refractivity contribution >= 4 is 5.97 Å². The van der Waals surface area contributed by atoms with Gasteiger partial charge >= 0.3 is 5.97 Å². The Morgan fingerprint density at radius 3 is 2.31 bits per heavy atom. The van der Waals surface area contributed by atoms with E-state index in [0.717, 1.165) is 12.2 Å². The van der Waals surface area contributed by atoms with Crippen molar-refractivity contribution in [3.05, 3.63) is 25.5 Å². The molecule has 92 valence electrons. The molecule has 0 saturated heterocycles. The van der Waals surface area contributed by atoms with Crippen LogP contribution in [0.15, 0.2) is 25.5 Å². The lowest BCUT2D eigenvalue weighted by Crippen LogP contribution is -2.18. The van der Waals surface area contributed by atoms with E-state index >= 15 is 0 Å². The normalized spacial score (nSPS) is 23.6. The van der Waals surface area contributed by atoms with Crippen molar-refractivity contribution in [3.8, 4) is 0 Å². The maximum Gasteiger partial charge on any atom is 0.330 e. The number of hydrogen-bond donors (Lipinski definition) is 1. The van der Waals surface area contributed by atoms with Gasteiger partial charge < -0.3 is 9.84 Å². The molecule has 0 radical (unpaired) electrons. The van der Waals surface area contributed by atoms with Crippen LogP contribution in [-0.2, 0) is 9.53 Å². The Balaban J connectivity index is 0.000000673. The first-order chi connectivity index (χ1) is 7.63. The zero-order valence-electron chi connectivity index (χ0n) is 10.0. The lowest BCUT2D eigenvalue weighted by atomic mass is 9.83. The van der Waals surface area contributed by atoms with Crippen LogP contribution in [0.5, 0.6) is 0 Å². The van der Waals surface area contributed by atoms with E-state index in [4.69, 9.17) is 9.84 Å². The van der Waals surface area contributed by atoms with Gasteiger partial charge in [0.15, 0.2) is 0 Å². The van der Waals surface area contributed by atoms with E-state index in [9.17, 15) is 4.79 Å². The summed E-state index contributed by atoms with van der Waals surface area (Å²) in [6.45, 7) is 9.14. The van der Waals surface area contributed by atoms with Crippen molar-refractivity contribution < 1.29 is 14.6 Å². The number of esters is 1. The highest BCUT2D eigenvalue weighted by Gasteiger charge is 2.18. The summed E-state index contributed by atoms with van der Waals surface area (Å²) in [5, 5.41) is 7.33. The molecule has 0 bridgehead atoms. The van der Waals surface area contributed by atoms with Crippen molar-refractivity contribution in [2.24, 2.45) is 11.8 Å². The van der Waals surface area contributed by atoms with Crippen LogP contribution in [0.25, 0.3) is 0 Å². The van der Waals surface area contributed by atoms with Gasteiger partial charge in [-0.1, -0.05) is 32.9 Å². The van der Waals surface area contributed by atoms with Crippen molar-refractivity contribution in [2.45, 2.75) is 32.6 Å². The molecule has 0 aliphatic heterocycles. The van der Waals surface area contributed by atoms with Crippen LogP contribution in [0.1, 0.15) is 32.6 Å². The molecule has 0 spiro atoms. The molecule has 1 rings (SSSR count). The van der Waals surface area contributed by atoms with E-state index in [-0.39, 0.29) is 5.97 Å².